The highest BCUT2D eigenvalue weighted by Gasteiger charge is 2.34. The first-order chi connectivity index (χ1) is 21.8. The Labute approximate surface area is 266 Å². The van der Waals surface area contributed by atoms with E-state index in [1.807, 2.05) is 0 Å². The van der Waals surface area contributed by atoms with Gasteiger partial charge in [0.05, 0.1) is 19.6 Å². The summed E-state index contributed by atoms with van der Waals surface area (Å²) in [5.41, 5.74) is 16.8. The average molecular weight is 648 g/mol. The molecule has 12 N–H and O–H groups in total. The van der Waals surface area contributed by atoms with Crippen molar-refractivity contribution >= 4 is 41.5 Å². The van der Waals surface area contributed by atoms with E-state index in [-0.39, 0.29) is 25.3 Å². The summed E-state index contributed by atoms with van der Waals surface area (Å²) < 4.78 is 5.61. The monoisotopic (exact) mass is 647 g/mol. The van der Waals surface area contributed by atoms with Gasteiger partial charge in [-0.1, -0.05) is 26.0 Å². The number of benzene rings is 1. The van der Waals surface area contributed by atoms with Crippen LogP contribution in [0.1, 0.15) is 45.1 Å². The van der Waals surface area contributed by atoms with E-state index in [0.29, 0.717) is 37.3 Å². The van der Waals surface area contributed by atoms with E-state index in [9.17, 15) is 33.9 Å². The van der Waals surface area contributed by atoms with E-state index in [2.05, 4.69) is 31.6 Å². The fourth-order valence-corrected chi connectivity index (χ4v) is 4.45. The second kappa shape index (κ2) is 18.8. The number of aliphatic carboxylic acids is 1. The lowest BCUT2D eigenvalue weighted by atomic mass is 9.99. The molecule has 0 radical (unpaired) electrons. The number of hydrogen-bond acceptors (Lipinski definition) is 9. The number of guanidine groups is 1. The number of ether oxygens (including phenoxy) is 1. The number of nitrogens with one attached hydrogen (secondary N) is 5. The highest BCUT2D eigenvalue weighted by atomic mass is 16.5. The number of aliphatic imine (C=N–C) groups is 1. The van der Waals surface area contributed by atoms with Gasteiger partial charge in [0.15, 0.2) is 5.96 Å². The number of carboxylic acids is 1. The normalized spacial score (nSPS) is 21.4. The molecule has 17 heteroatoms. The maximum atomic E-state index is 13.6. The zero-order chi connectivity index (χ0) is 34.2. The molecule has 0 saturated carbocycles. The predicted octanol–water partition coefficient (Wildman–Crippen LogP) is -2.79. The number of carbonyl (C=O) groups excluding carboxylic acids is 5. The third-order valence-corrected chi connectivity index (χ3v) is 6.89. The predicted molar refractivity (Wildman–Crippen MR) is 167 cm³/mol. The molecule has 1 unspecified atom stereocenters. The van der Waals surface area contributed by atoms with Gasteiger partial charge in [0.2, 0.25) is 29.5 Å². The number of carbonyl (C=O) groups is 6. The fraction of sp³-hybridized carbons (Fsp3) is 0.552. The first-order valence-corrected chi connectivity index (χ1v) is 15.0. The first kappa shape index (κ1) is 37.3. The minimum absolute atomic E-state index is 0.0473. The molecule has 0 spiro atoms. The minimum atomic E-state index is -1.57. The maximum Gasteiger partial charge on any atom is 0.305 e. The summed E-state index contributed by atoms with van der Waals surface area (Å²) in [6.45, 7) is 3.82. The topological polar surface area (TPSA) is 282 Å². The van der Waals surface area contributed by atoms with Crippen LogP contribution in [0.3, 0.4) is 0 Å². The molecule has 4 atom stereocenters. The fourth-order valence-electron chi connectivity index (χ4n) is 4.45. The van der Waals surface area contributed by atoms with Crippen molar-refractivity contribution in [1.29, 1.82) is 0 Å². The SMILES string of the molecule is CC(C)[C@H]1NC(=O)C(CCCN=C(N)N)NC(=O)CNC(=O)[C@@H](CC(=O)O)NC(=O)[C@@H](Cc2ccc(OCCCN)cc2)NC1=O. The summed E-state index contributed by atoms with van der Waals surface area (Å²) in [5, 5.41) is 21.9. The Morgan fingerprint density at radius 2 is 1.57 bits per heavy atom. The van der Waals surface area contributed by atoms with Crippen LogP contribution < -0.4 is 48.5 Å². The van der Waals surface area contributed by atoms with Crippen LogP contribution in [0.4, 0.5) is 0 Å². The molecule has 1 aliphatic rings. The Balaban J connectivity index is 2.42. The number of nitrogens with two attached hydrogens (primary N) is 3. The zero-order valence-corrected chi connectivity index (χ0v) is 26.0. The van der Waals surface area contributed by atoms with E-state index in [4.69, 9.17) is 21.9 Å². The van der Waals surface area contributed by atoms with Crippen LogP contribution >= 0.6 is 0 Å². The van der Waals surface area contributed by atoms with Gasteiger partial charge in [0.25, 0.3) is 0 Å². The van der Waals surface area contributed by atoms with Crippen molar-refractivity contribution in [2.24, 2.45) is 28.1 Å². The van der Waals surface area contributed by atoms with Gasteiger partial charge in [-0.2, -0.15) is 0 Å². The first-order valence-electron chi connectivity index (χ1n) is 15.0. The Bertz CT molecular complexity index is 1250. The van der Waals surface area contributed by atoms with Crippen molar-refractivity contribution in [1.82, 2.24) is 26.6 Å². The third kappa shape index (κ3) is 13.0. The van der Waals surface area contributed by atoms with Crippen LogP contribution in [-0.2, 0) is 35.2 Å². The molecule has 0 bridgehead atoms. The summed E-state index contributed by atoms with van der Waals surface area (Å²) in [6, 6.07) is 1.66. The van der Waals surface area contributed by atoms with Crippen molar-refractivity contribution in [3.63, 3.8) is 0 Å². The molecule has 1 aromatic rings. The summed E-state index contributed by atoms with van der Waals surface area (Å²) in [5.74, 6) is -5.34. The molecule has 1 fully saturated rings. The van der Waals surface area contributed by atoms with Crippen molar-refractivity contribution in [3.8, 4) is 5.75 Å². The second-order valence-corrected chi connectivity index (χ2v) is 11.1. The Morgan fingerprint density at radius 3 is 2.17 bits per heavy atom. The molecular formula is C29H45N9O8. The number of hydrogen-bond donors (Lipinski definition) is 9. The summed E-state index contributed by atoms with van der Waals surface area (Å²) >= 11 is 0. The van der Waals surface area contributed by atoms with Crippen LogP contribution in [0.25, 0.3) is 0 Å². The van der Waals surface area contributed by atoms with E-state index in [1.54, 1.807) is 38.1 Å². The van der Waals surface area contributed by atoms with Gasteiger partial charge in [-0.3, -0.25) is 33.8 Å². The standard InChI is InChI=1S/C29H45N9O8/c1-16(2)24-28(45)37-20(13-17-6-8-18(9-7-17)46-12-4-10-30)27(44)36-21(14-23(40)41)25(42)34-15-22(39)35-19(26(43)38-24)5-3-11-33-29(31)32/h6-9,16,19-21,24H,3-5,10-15,30H2,1-2H3,(H,34,42)(H,35,39)(H,36,44)(H,37,45)(H,38,43)(H,40,41)(H4,31,32,33)/t19?,20-,21-,24-/m1/s1. The number of nitrogens with zero attached hydrogens (tertiary/aromatic N) is 1. The highest BCUT2D eigenvalue weighted by molar-refractivity contribution is 5.98. The summed E-state index contributed by atoms with van der Waals surface area (Å²) in [7, 11) is 0. The summed E-state index contributed by atoms with van der Waals surface area (Å²) in [6.07, 6.45) is 0.201. The summed E-state index contributed by atoms with van der Waals surface area (Å²) in [4.78, 5) is 81.5. The maximum absolute atomic E-state index is 13.6. The third-order valence-electron chi connectivity index (χ3n) is 6.89. The van der Waals surface area contributed by atoms with Crippen LogP contribution in [0.15, 0.2) is 29.3 Å². The minimum Gasteiger partial charge on any atom is -0.494 e. The molecular weight excluding hydrogens is 602 g/mol. The Morgan fingerprint density at radius 1 is 0.913 bits per heavy atom. The molecule has 2 rings (SSSR count). The Kier molecular flexibility index (Phi) is 15.2. The van der Waals surface area contributed by atoms with Crippen LogP contribution in [0.2, 0.25) is 0 Å². The van der Waals surface area contributed by atoms with Gasteiger partial charge in [0, 0.05) is 13.0 Å². The van der Waals surface area contributed by atoms with E-state index < -0.39 is 78.6 Å². The van der Waals surface area contributed by atoms with Gasteiger partial charge in [-0.05, 0) is 49.4 Å². The largest absolute Gasteiger partial charge is 0.494 e. The molecule has 17 nitrogen and oxygen atoms in total. The van der Waals surface area contributed by atoms with Gasteiger partial charge in [-0.25, -0.2) is 0 Å². The molecule has 0 aromatic heterocycles. The number of rotatable bonds is 13. The molecule has 46 heavy (non-hydrogen) atoms. The van der Waals surface area contributed by atoms with E-state index >= 15 is 0 Å². The van der Waals surface area contributed by atoms with Gasteiger partial charge >= 0.3 is 5.97 Å². The van der Waals surface area contributed by atoms with Crippen LogP contribution in [-0.4, -0.2) is 97.0 Å². The second-order valence-electron chi connectivity index (χ2n) is 11.1. The zero-order valence-electron chi connectivity index (χ0n) is 26.0. The molecule has 1 aliphatic heterocycles. The molecule has 254 valence electrons. The number of carboxylic acid groups (broad SMARTS) is 1. The quantitative estimate of drug-likeness (QED) is 0.0599. The molecule has 0 aliphatic carbocycles. The van der Waals surface area contributed by atoms with Crippen molar-refractivity contribution in [2.45, 2.75) is 70.1 Å². The molecule has 5 amide bonds. The average Bonchev–Trinajstić information content (AvgIpc) is 2.99. The van der Waals surface area contributed by atoms with Crippen molar-refractivity contribution < 1.29 is 38.6 Å². The van der Waals surface area contributed by atoms with Crippen molar-refractivity contribution in [2.75, 3.05) is 26.2 Å². The highest BCUT2D eigenvalue weighted by Crippen LogP contribution is 2.15. The number of amides is 5. The van der Waals surface area contributed by atoms with Crippen LogP contribution in [0, 0.1) is 5.92 Å². The van der Waals surface area contributed by atoms with E-state index in [1.165, 1.54) is 0 Å². The smallest absolute Gasteiger partial charge is 0.305 e. The van der Waals surface area contributed by atoms with Gasteiger partial charge in [0.1, 0.15) is 29.9 Å². The lowest BCUT2D eigenvalue weighted by Gasteiger charge is -2.27. The van der Waals surface area contributed by atoms with E-state index in [0.717, 1.165) is 0 Å². The van der Waals surface area contributed by atoms with Crippen LogP contribution in [0.5, 0.6) is 5.75 Å². The lowest BCUT2D eigenvalue weighted by Crippen LogP contribution is -2.59. The van der Waals surface area contributed by atoms with Crippen molar-refractivity contribution in [3.05, 3.63) is 29.8 Å². The lowest BCUT2D eigenvalue weighted by molar-refractivity contribution is -0.141. The van der Waals surface area contributed by atoms with Gasteiger partial charge in [-0.15, -0.1) is 0 Å². The van der Waals surface area contributed by atoms with Gasteiger partial charge < -0.3 is 53.6 Å². The molecule has 1 heterocycles. The Hall–Kier alpha value is -4.93. The molecule has 1 saturated heterocycles. The molecule has 1 aromatic carbocycles.